The summed E-state index contributed by atoms with van der Waals surface area (Å²) < 4.78 is 24.9. The molecule has 0 radical (unpaired) electrons. The standard InChI is InChI=1S/C13H16F2N2OS/c14-13(15)19-11-7-2-1-6-10(11)17-12(18)8-4-3-5-9(8)16/h1-2,6-9,13H,3-5,16H2,(H,17,18). The molecule has 2 rings (SSSR count). The number of halogens is 2. The summed E-state index contributed by atoms with van der Waals surface area (Å²) in [6, 6.07) is 6.45. The number of alkyl halides is 2. The van der Waals surface area contributed by atoms with Crippen molar-refractivity contribution in [1.29, 1.82) is 0 Å². The number of hydrogen-bond acceptors (Lipinski definition) is 3. The Balaban J connectivity index is 2.08. The smallest absolute Gasteiger partial charge is 0.288 e. The van der Waals surface area contributed by atoms with Crippen LogP contribution < -0.4 is 11.1 Å². The van der Waals surface area contributed by atoms with Gasteiger partial charge in [0.05, 0.1) is 11.6 Å². The number of nitrogens with two attached hydrogens (primary N) is 1. The van der Waals surface area contributed by atoms with E-state index >= 15 is 0 Å². The Morgan fingerprint density at radius 2 is 2.11 bits per heavy atom. The third kappa shape index (κ3) is 3.67. The maximum absolute atomic E-state index is 12.4. The SMILES string of the molecule is NC1CCCC1C(=O)Nc1ccccc1SC(F)F. The Labute approximate surface area is 114 Å². The molecule has 2 unspecified atom stereocenters. The highest BCUT2D eigenvalue weighted by Crippen LogP contribution is 2.33. The molecule has 19 heavy (non-hydrogen) atoms. The van der Waals surface area contributed by atoms with Crippen molar-refractivity contribution in [2.75, 3.05) is 5.32 Å². The van der Waals surface area contributed by atoms with Gasteiger partial charge in [-0.2, -0.15) is 8.78 Å². The lowest BCUT2D eigenvalue weighted by atomic mass is 10.0. The van der Waals surface area contributed by atoms with E-state index < -0.39 is 5.76 Å². The molecule has 3 nitrogen and oxygen atoms in total. The summed E-state index contributed by atoms with van der Waals surface area (Å²) in [7, 11) is 0. The zero-order valence-corrected chi connectivity index (χ0v) is 11.1. The van der Waals surface area contributed by atoms with Gasteiger partial charge >= 0.3 is 0 Å². The lowest BCUT2D eigenvalue weighted by Crippen LogP contribution is -2.34. The first kappa shape index (κ1) is 14.3. The third-order valence-corrected chi connectivity index (χ3v) is 4.06. The molecule has 1 aliphatic carbocycles. The van der Waals surface area contributed by atoms with Crippen LogP contribution in [0.25, 0.3) is 0 Å². The number of anilines is 1. The van der Waals surface area contributed by atoms with Crippen LogP contribution in [0.5, 0.6) is 0 Å². The van der Waals surface area contributed by atoms with Gasteiger partial charge in [-0.05, 0) is 25.0 Å². The van der Waals surface area contributed by atoms with Gasteiger partial charge in [0, 0.05) is 10.9 Å². The fraction of sp³-hybridized carbons (Fsp3) is 0.462. The summed E-state index contributed by atoms with van der Waals surface area (Å²) in [5, 5.41) is 2.72. The Bertz CT molecular complexity index is 456. The lowest BCUT2D eigenvalue weighted by Gasteiger charge is -2.16. The predicted molar refractivity (Wildman–Crippen MR) is 72.2 cm³/mol. The van der Waals surface area contributed by atoms with Crippen LogP contribution in [0.3, 0.4) is 0 Å². The molecule has 2 atom stereocenters. The normalized spacial score (nSPS) is 22.7. The maximum atomic E-state index is 12.4. The number of amides is 1. The number of thioether (sulfide) groups is 1. The van der Waals surface area contributed by atoms with Gasteiger partial charge in [0.15, 0.2) is 0 Å². The summed E-state index contributed by atoms with van der Waals surface area (Å²) in [5.41, 5.74) is 6.29. The average molecular weight is 286 g/mol. The van der Waals surface area contributed by atoms with Crippen molar-refractivity contribution in [3.63, 3.8) is 0 Å². The fourth-order valence-electron chi connectivity index (χ4n) is 2.31. The minimum atomic E-state index is -2.51. The predicted octanol–water partition coefficient (Wildman–Crippen LogP) is 3.07. The van der Waals surface area contributed by atoms with E-state index in [2.05, 4.69) is 5.32 Å². The summed E-state index contributed by atoms with van der Waals surface area (Å²) >= 11 is 0.431. The monoisotopic (exact) mass is 286 g/mol. The van der Waals surface area contributed by atoms with Crippen LogP contribution in [0.1, 0.15) is 19.3 Å². The summed E-state index contributed by atoms with van der Waals surface area (Å²) in [5.74, 6) is -2.90. The summed E-state index contributed by atoms with van der Waals surface area (Å²) in [6.45, 7) is 0. The van der Waals surface area contributed by atoms with Crippen molar-refractivity contribution in [3.05, 3.63) is 24.3 Å². The van der Waals surface area contributed by atoms with E-state index in [0.29, 0.717) is 22.3 Å². The van der Waals surface area contributed by atoms with Crippen LogP contribution in [0.4, 0.5) is 14.5 Å². The van der Waals surface area contributed by atoms with Gasteiger partial charge in [0.2, 0.25) is 5.91 Å². The van der Waals surface area contributed by atoms with Gasteiger partial charge in [-0.15, -0.1) is 0 Å². The molecule has 1 saturated carbocycles. The van der Waals surface area contributed by atoms with E-state index in [0.717, 1.165) is 19.3 Å². The minimum absolute atomic E-state index is 0.130. The first-order valence-corrected chi connectivity index (χ1v) is 7.06. The Hall–Kier alpha value is -1.14. The zero-order valence-electron chi connectivity index (χ0n) is 10.3. The van der Waals surface area contributed by atoms with Crippen LogP contribution in [0.15, 0.2) is 29.2 Å². The maximum Gasteiger partial charge on any atom is 0.288 e. The molecular weight excluding hydrogens is 270 g/mol. The molecule has 0 aliphatic heterocycles. The lowest BCUT2D eigenvalue weighted by molar-refractivity contribution is -0.120. The van der Waals surface area contributed by atoms with E-state index in [4.69, 9.17) is 5.73 Å². The highest BCUT2D eigenvalue weighted by Gasteiger charge is 2.30. The van der Waals surface area contributed by atoms with Crippen molar-refractivity contribution in [3.8, 4) is 0 Å². The van der Waals surface area contributed by atoms with Gasteiger partial charge in [-0.1, -0.05) is 30.3 Å². The van der Waals surface area contributed by atoms with Crippen LogP contribution >= 0.6 is 11.8 Å². The van der Waals surface area contributed by atoms with Crippen LogP contribution in [-0.4, -0.2) is 17.7 Å². The number of rotatable bonds is 4. The number of nitrogens with one attached hydrogen (secondary N) is 1. The first-order chi connectivity index (χ1) is 9.08. The summed E-state index contributed by atoms with van der Waals surface area (Å²) in [4.78, 5) is 12.4. The molecular formula is C13H16F2N2OS. The molecule has 1 aromatic carbocycles. The molecule has 0 bridgehead atoms. The molecule has 1 amide bonds. The molecule has 3 N–H and O–H groups in total. The van der Waals surface area contributed by atoms with Crippen molar-refractivity contribution in [2.45, 2.75) is 36.0 Å². The molecule has 1 aromatic rings. The highest BCUT2D eigenvalue weighted by atomic mass is 32.2. The molecule has 1 aliphatic rings. The van der Waals surface area contributed by atoms with Gasteiger partial charge < -0.3 is 11.1 Å². The van der Waals surface area contributed by atoms with Crippen molar-refractivity contribution in [2.24, 2.45) is 11.7 Å². The van der Waals surface area contributed by atoms with Crippen LogP contribution in [0, 0.1) is 5.92 Å². The van der Waals surface area contributed by atoms with E-state index in [1.165, 1.54) is 0 Å². The molecule has 0 aromatic heterocycles. The van der Waals surface area contributed by atoms with Gasteiger partial charge in [0.1, 0.15) is 0 Å². The topological polar surface area (TPSA) is 55.1 Å². The number of carbonyl (C=O) groups is 1. The number of benzene rings is 1. The van der Waals surface area contributed by atoms with Crippen LogP contribution in [0.2, 0.25) is 0 Å². The molecule has 0 saturated heterocycles. The Kier molecular flexibility index (Phi) is 4.76. The molecule has 0 spiro atoms. The minimum Gasteiger partial charge on any atom is -0.327 e. The highest BCUT2D eigenvalue weighted by molar-refractivity contribution is 7.99. The Morgan fingerprint density at radius 3 is 2.74 bits per heavy atom. The average Bonchev–Trinajstić information content (AvgIpc) is 2.77. The summed E-state index contributed by atoms with van der Waals surface area (Å²) in [6.07, 6.45) is 2.54. The van der Waals surface area contributed by atoms with Gasteiger partial charge in [-0.3, -0.25) is 4.79 Å². The molecule has 1 fully saturated rings. The second-order valence-corrected chi connectivity index (χ2v) is 5.60. The third-order valence-electron chi connectivity index (χ3n) is 3.27. The quantitative estimate of drug-likeness (QED) is 0.836. The second-order valence-electron chi connectivity index (χ2n) is 4.57. The van der Waals surface area contributed by atoms with E-state index in [1.807, 2.05) is 0 Å². The van der Waals surface area contributed by atoms with Gasteiger partial charge in [-0.25, -0.2) is 0 Å². The van der Waals surface area contributed by atoms with E-state index in [-0.39, 0.29) is 17.9 Å². The van der Waals surface area contributed by atoms with Crippen molar-refractivity contribution >= 4 is 23.4 Å². The Morgan fingerprint density at radius 1 is 1.37 bits per heavy atom. The number of hydrogen-bond donors (Lipinski definition) is 2. The van der Waals surface area contributed by atoms with E-state index in [1.54, 1.807) is 24.3 Å². The van der Waals surface area contributed by atoms with Crippen LogP contribution in [-0.2, 0) is 4.79 Å². The first-order valence-electron chi connectivity index (χ1n) is 6.18. The number of para-hydroxylation sites is 1. The fourth-order valence-corrected chi connectivity index (χ4v) is 2.90. The van der Waals surface area contributed by atoms with Gasteiger partial charge in [0.25, 0.3) is 5.76 Å². The van der Waals surface area contributed by atoms with Crippen molar-refractivity contribution < 1.29 is 13.6 Å². The molecule has 104 valence electrons. The second kappa shape index (κ2) is 6.34. The number of carbonyl (C=O) groups excluding carboxylic acids is 1. The molecule has 0 heterocycles. The van der Waals surface area contributed by atoms with Crippen molar-refractivity contribution in [1.82, 2.24) is 0 Å². The molecule has 6 heteroatoms. The zero-order chi connectivity index (χ0) is 13.8. The van der Waals surface area contributed by atoms with E-state index in [9.17, 15) is 13.6 Å². The largest absolute Gasteiger partial charge is 0.327 e.